The highest BCUT2D eigenvalue weighted by molar-refractivity contribution is 6.06. The number of amides is 1. The number of aromatic hydroxyl groups is 1. The number of halogens is 1. The van der Waals surface area contributed by atoms with E-state index in [4.69, 9.17) is 0 Å². The number of aryl methyl sites for hydroxylation is 1. The van der Waals surface area contributed by atoms with Gasteiger partial charge in [-0.3, -0.25) is 4.79 Å². The van der Waals surface area contributed by atoms with Crippen LogP contribution in [-0.4, -0.2) is 11.0 Å². The van der Waals surface area contributed by atoms with Gasteiger partial charge in [0.05, 0.1) is 5.56 Å². The Morgan fingerprint density at radius 2 is 2.00 bits per heavy atom. The molecular weight excluding hydrogens is 233 g/mol. The molecule has 0 fully saturated rings. The second-order valence-electron chi connectivity index (χ2n) is 3.99. The maximum atomic E-state index is 13.0. The summed E-state index contributed by atoms with van der Waals surface area (Å²) in [5.74, 6) is -1.00. The molecule has 0 aliphatic rings. The molecular formula is C14H12FNO2. The zero-order valence-corrected chi connectivity index (χ0v) is 9.77. The Morgan fingerprint density at radius 1 is 1.22 bits per heavy atom. The van der Waals surface area contributed by atoms with Crippen molar-refractivity contribution in [2.45, 2.75) is 6.92 Å². The maximum Gasteiger partial charge on any atom is 0.259 e. The van der Waals surface area contributed by atoms with E-state index in [1.807, 2.05) is 6.92 Å². The fourth-order valence-corrected chi connectivity index (χ4v) is 1.60. The lowest BCUT2D eigenvalue weighted by Gasteiger charge is -2.07. The van der Waals surface area contributed by atoms with E-state index < -0.39 is 11.7 Å². The number of hydrogen-bond donors (Lipinski definition) is 2. The van der Waals surface area contributed by atoms with Gasteiger partial charge in [0.15, 0.2) is 0 Å². The van der Waals surface area contributed by atoms with E-state index in [0.29, 0.717) is 5.69 Å². The van der Waals surface area contributed by atoms with Crippen molar-refractivity contribution >= 4 is 11.6 Å². The third-order valence-corrected chi connectivity index (χ3v) is 2.48. The monoisotopic (exact) mass is 245 g/mol. The van der Waals surface area contributed by atoms with E-state index >= 15 is 0 Å². The smallest absolute Gasteiger partial charge is 0.259 e. The summed E-state index contributed by atoms with van der Waals surface area (Å²) in [6.07, 6.45) is 0. The minimum atomic E-state index is -0.471. The van der Waals surface area contributed by atoms with Crippen molar-refractivity contribution in [3.05, 3.63) is 59.4 Å². The molecule has 0 spiro atoms. The van der Waals surface area contributed by atoms with Crippen LogP contribution in [0.25, 0.3) is 0 Å². The number of rotatable bonds is 2. The number of phenols is 1. The van der Waals surface area contributed by atoms with Gasteiger partial charge in [-0.25, -0.2) is 4.39 Å². The normalized spacial score (nSPS) is 10.1. The molecule has 1 amide bonds. The average molecular weight is 245 g/mol. The first-order valence-corrected chi connectivity index (χ1v) is 5.43. The Morgan fingerprint density at radius 3 is 2.72 bits per heavy atom. The summed E-state index contributed by atoms with van der Waals surface area (Å²) in [7, 11) is 0. The molecule has 3 nitrogen and oxygen atoms in total. The molecule has 18 heavy (non-hydrogen) atoms. The van der Waals surface area contributed by atoms with Crippen molar-refractivity contribution in [1.82, 2.24) is 0 Å². The summed E-state index contributed by atoms with van der Waals surface area (Å²) in [4.78, 5) is 11.9. The van der Waals surface area contributed by atoms with Crippen molar-refractivity contribution in [2.75, 3.05) is 5.32 Å². The highest BCUT2D eigenvalue weighted by atomic mass is 19.1. The number of phenolic OH excluding ortho intramolecular Hbond substituents is 1. The number of hydrogen-bond acceptors (Lipinski definition) is 2. The van der Waals surface area contributed by atoms with E-state index in [9.17, 15) is 14.3 Å². The molecule has 2 N–H and O–H groups in total. The molecule has 0 bridgehead atoms. The lowest BCUT2D eigenvalue weighted by atomic mass is 10.1. The summed E-state index contributed by atoms with van der Waals surface area (Å²) < 4.78 is 13.0. The summed E-state index contributed by atoms with van der Waals surface area (Å²) >= 11 is 0. The largest absolute Gasteiger partial charge is 0.507 e. The quantitative estimate of drug-likeness (QED) is 0.854. The van der Waals surface area contributed by atoms with Crippen LogP contribution in [0.15, 0.2) is 42.5 Å². The summed E-state index contributed by atoms with van der Waals surface area (Å²) in [6.45, 7) is 1.82. The van der Waals surface area contributed by atoms with Crippen LogP contribution in [-0.2, 0) is 0 Å². The molecule has 2 rings (SSSR count). The van der Waals surface area contributed by atoms with Crippen molar-refractivity contribution in [1.29, 1.82) is 0 Å². The molecule has 0 aromatic heterocycles. The third kappa shape index (κ3) is 2.66. The molecule has 0 atom stereocenters. The van der Waals surface area contributed by atoms with Gasteiger partial charge >= 0.3 is 0 Å². The predicted molar refractivity (Wildman–Crippen MR) is 67.2 cm³/mol. The molecule has 0 saturated carbocycles. The highest BCUT2D eigenvalue weighted by Gasteiger charge is 2.11. The van der Waals surface area contributed by atoms with E-state index in [1.165, 1.54) is 24.3 Å². The van der Waals surface area contributed by atoms with Crippen molar-refractivity contribution in [2.24, 2.45) is 0 Å². The maximum absolute atomic E-state index is 13.0. The number of carbonyl (C=O) groups excluding carboxylic acids is 1. The third-order valence-electron chi connectivity index (χ3n) is 2.48. The van der Waals surface area contributed by atoms with Crippen LogP contribution < -0.4 is 5.32 Å². The second-order valence-corrected chi connectivity index (χ2v) is 3.99. The van der Waals surface area contributed by atoms with Gasteiger partial charge in [-0.1, -0.05) is 17.7 Å². The Hall–Kier alpha value is -2.36. The molecule has 92 valence electrons. The van der Waals surface area contributed by atoms with Gasteiger partial charge in [0.25, 0.3) is 5.91 Å². The van der Waals surface area contributed by atoms with Gasteiger partial charge < -0.3 is 10.4 Å². The molecule has 2 aromatic carbocycles. The molecule has 0 unspecified atom stereocenters. The van der Waals surface area contributed by atoms with E-state index in [-0.39, 0.29) is 11.3 Å². The first kappa shape index (κ1) is 12.1. The number of carbonyl (C=O) groups is 1. The van der Waals surface area contributed by atoms with Crippen LogP contribution in [0.3, 0.4) is 0 Å². The van der Waals surface area contributed by atoms with Crippen molar-refractivity contribution < 1.29 is 14.3 Å². The SMILES string of the molecule is Cc1ccc(O)c(C(=O)Nc2cccc(F)c2)c1. The zero-order valence-electron chi connectivity index (χ0n) is 9.77. The van der Waals surface area contributed by atoms with Crippen LogP contribution >= 0.6 is 0 Å². The molecule has 2 aromatic rings. The first-order valence-electron chi connectivity index (χ1n) is 5.43. The number of anilines is 1. The van der Waals surface area contributed by atoms with Crippen molar-refractivity contribution in [3.63, 3.8) is 0 Å². The Balaban J connectivity index is 2.24. The summed E-state index contributed by atoms with van der Waals surface area (Å²) in [6, 6.07) is 10.3. The first-order chi connectivity index (χ1) is 8.56. The molecule has 0 aliphatic carbocycles. The second kappa shape index (κ2) is 4.87. The van der Waals surface area contributed by atoms with Gasteiger partial charge in [0.2, 0.25) is 0 Å². The molecule has 0 heterocycles. The number of nitrogens with one attached hydrogen (secondary N) is 1. The Bertz CT molecular complexity index is 596. The lowest BCUT2D eigenvalue weighted by Crippen LogP contribution is -2.12. The molecule has 0 saturated heterocycles. The van der Waals surface area contributed by atoms with Crippen LogP contribution in [0.1, 0.15) is 15.9 Å². The minimum absolute atomic E-state index is 0.102. The van der Waals surface area contributed by atoms with Crippen LogP contribution in [0.2, 0.25) is 0 Å². The van der Waals surface area contributed by atoms with Gasteiger partial charge in [-0.05, 0) is 37.3 Å². The van der Waals surface area contributed by atoms with Crippen LogP contribution in [0, 0.1) is 12.7 Å². The van der Waals surface area contributed by atoms with Gasteiger partial charge in [-0.2, -0.15) is 0 Å². The van der Waals surface area contributed by atoms with Crippen LogP contribution in [0.4, 0.5) is 10.1 Å². The summed E-state index contributed by atoms with van der Waals surface area (Å²) in [5, 5.41) is 12.1. The molecule has 0 radical (unpaired) electrons. The van der Waals surface area contributed by atoms with E-state index in [0.717, 1.165) is 5.56 Å². The topological polar surface area (TPSA) is 49.3 Å². The van der Waals surface area contributed by atoms with Gasteiger partial charge in [0.1, 0.15) is 11.6 Å². The Labute approximate surface area is 104 Å². The number of benzene rings is 2. The standard InChI is InChI=1S/C14H12FNO2/c1-9-5-6-13(17)12(7-9)14(18)16-11-4-2-3-10(15)8-11/h2-8,17H,1H3,(H,16,18). The van der Waals surface area contributed by atoms with E-state index in [1.54, 1.807) is 18.2 Å². The van der Waals surface area contributed by atoms with Gasteiger partial charge in [0, 0.05) is 5.69 Å². The van der Waals surface area contributed by atoms with Crippen LogP contribution in [0.5, 0.6) is 5.75 Å². The van der Waals surface area contributed by atoms with E-state index in [2.05, 4.69) is 5.32 Å². The van der Waals surface area contributed by atoms with Gasteiger partial charge in [-0.15, -0.1) is 0 Å². The van der Waals surface area contributed by atoms with Crippen molar-refractivity contribution in [3.8, 4) is 5.75 Å². The molecule has 4 heteroatoms. The highest BCUT2D eigenvalue weighted by Crippen LogP contribution is 2.20. The average Bonchev–Trinajstić information content (AvgIpc) is 2.32. The summed E-state index contributed by atoms with van der Waals surface area (Å²) in [5.41, 5.74) is 1.37. The lowest BCUT2D eigenvalue weighted by molar-refractivity contribution is 0.102. The fraction of sp³-hybridized carbons (Fsp3) is 0.0714. The Kier molecular flexibility index (Phi) is 3.28. The molecule has 0 aliphatic heterocycles. The zero-order chi connectivity index (χ0) is 13.1. The minimum Gasteiger partial charge on any atom is -0.507 e. The predicted octanol–water partition coefficient (Wildman–Crippen LogP) is 3.09. The fourth-order valence-electron chi connectivity index (χ4n) is 1.60.